The maximum atomic E-state index is 13.2. The van der Waals surface area contributed by atoms with Gasteiger partial charge in [0.05, 0.1) is 7.11 Å². The van der Waals surface area contributed by atoms with E-state index in [-0.39, 0.29) is 11.5 Å². The van der Waals surface area contributed by atoms with E-state index in [1.807, 2.05) is 55.5 Å². The van der Waals surface area contributed by atoms with Crippen LogP contribution in [0.2, 0.25) is 0 Å². The Morgan fingerprint density at radius 1 is 1.09 bits per heavy atom. The minimum absolute atomic E-state index is 0.275. The van der Waals surface area contributed by atoms with Crippen molar-refractivity contribution >= 4 is 18.0 Å². The zero-order valence-corrected chi connectivity index (χ0v) is 17.7. The first kappa shape index (κ1) is 21.2. The van der Waals surface area contributed by atoms with E-state index in [1.54, 1.807) is 18.0 Å². The summed E-state index contributed by atoms with van der Waals surface area (Å²) in [4.78, 5) is 25.7. The van der Waals surface area contributed by atoms with Gasteiger partial charge in [-0.1, -0.05) is 35.9 Å². The van der Waals surface area contributed by atoms with Gasteiger partial charge in [0.2, 0.25) is 12.3 Å². The van der Waals surface area contributed by atoms with E-state index < -0.39 is 23.8 Å². The molecule has 0 aliphatic carbocycles. The molecular formula is C25H23FN3O3+. The second-order valence-electron chi connectivity index (χ2n) is 7.60. The number of halogens is 1. The van der Waals surface area contributed by atoms with E-state index in [2.05, 4.69) is 10.7 Å². The summed E-state index contributed by atoms with van der Waals surface area (Å²) in [5.41, 5.74) is 5.89. The number of nitrogens with one attached hydrogen (secondary N) is 2. The van der Waals surface area contributed by atoms with Gasteiger partial charge in [0.1, 0.15) is 11.6 Å². The van der Waals surface area contributed by atoms with Crippen molar-refractivity contribution in [3.63, 3.8) is 0 Å². The number of hydrogen-bond acceptors (Lipinski definition) is 3. The summed E-state index contributed by atoms with van der Waals surface area (Å²) in [5, 5.41) is 2.81. The predicted molar refractivity (Wildman–Crippen MR) is 118 cm³/mol. The van der Waals surface area contributed by atoms with Crippen LogP contribution in [0.1, 0.15) is 33.1 Å². The molecule has 1 saturated heterocycles. The number of hydrogen-bond donors (Lipinski definition) is 2. The number of rotatable bonds is 5. The van der Waals surface area contributed by atoms with Crippen LogP contribution in [-0.4, -0.2) is 35.9 Å². The first-order valence-corrected chi connectivity index (χ1v) is 10.2. The van der Waals surface area contributed by atoms with Crippen LogP contribution in [0.3, 0.4) is 0 Å². The molecule has 1 aliphatic rings. The molecule has 0 saturated carbocycles. The molecule has 2 N–H and O–H groups in total. The molecule has 2 atom stereocenters. The van der Waals surface area contributed by atoms with Crippen molar-refractivity contribution in [1.29, 1.82) is 0 Å². The number of benzene rings is 3. The van der Waals surface area contributed by atoms with Crippen molar-refractivity contribution in [1.82, 2.24) is 10.7 Å². The molecule has 162 valence electrons. The third-order valence-corrected chi connectivity index (χ3v) is 5.33. The van der Waals surface area contributed by atoms with Gasteiger partial charge in [0, 0.05) is 16.7 Å². The zero-order chi connectivity index (χ0) is 22.7. The highest BCUT2D eigenvalue weighted by Gasteiger charge is 2.47. The number of methoxy groups -OCH3 is 1. The molecule has 0 aromatic heterocycles. The highest BCUT2D eigenvalue weighted by Crippen LogP contribution is 2.26. The summed E-state index contributed by atoms with van der Waals surface area (Å²) in [6, 6.07) is 19.1. The Labute approximate surface area is 185 Å². The molecule has 2 amide bonds. The monoisotopic (exact) mass is 432 g/mol. The Kier molecular flexibility index (Phi) is 5.98. The maximum Gasteiger partial charge on any atom is 0.304 e. The van der Waals surface area contributed by atoms with Gasteiger partial charge in [0.25, 0.3) is 5.91 Å². The topological polar surface area (TPSA) is 70.4 Å². The van der Waals surface area contributed by atoms with Crippen LogP contribution < -0.4 is 15.5 Å². The molecule has 0 radical (unpaired) electrons. The number of carbonyl (C=O) groups is 2. The Bertz CT molecular complexity index is 1170. The van der Waals surface area contributed by atoms with Gasteiger partial charge in [-0.2, -0.15) is 0 Å². The minimum Gasteiger partial charge on any atom is -0.497 e. The standard InChI is InChI=1S/C25H22FN3O3/c1-16-6-8-18(9-7-16)23-22(27-24(30)19-10-12-20(26)13-11-19)25(31)28-29(23)15-17-4-3-5-21(14-17)32-2/h3-15,22-23H,1-2H3,(H-,27,28,30,31)/p+1/b29-15-/t22-,23+/m1/s1. The molecular weight excluding hydrogens is 409 g/mol. The molecule has 0 spiro atoms. The first-order valence-electron chi connectivity index (χ1n) is 10.2. The molecule has 1 fully saturated rings. The maximum absolute atomic E-state index is 13.2. The van der Waals surface area contributed by atoms with Crippen molar-refractivity contribution in [2.24, 2.45) is 0 Å². The largest absolute Gasteiger partial charge is 0.497 e. The van der Waals surface area contributed by atoms with E-state index in [4.69, 9.17) is 4.74 Å². The smallest absolute Gasteiger partial charge is 0.304 e. The number of ether oxygens (including phenoxy) is 1. The number of aryl methyl sites for hydroxylation is 1. The highest BCUT2D eigenvalue weighted by atomic mass is 19.1. The number of hydrazine groups is 1. The van der Waals surface area contributed by atoms with E-state index >= 15 is 0 Å². The SMILES string of the molecule is COc1cccc(/C=[N+]2\NC(=O)[C@H](NC(=O)c3ccc(F)cc3)[C@@H]2c2ccc(C)cc2)c1. The predicted octanol–water partition coefficient (Wildman–Crippen LogP) is 3.16. The van der Waals surface area contributed by atoms with Gasteiger partial charge in [-0.05, 0) is 49.4 Å². The van der Waals surface area contributed by atoms with Crippen LogP contribution >= 0.6 is 0 Å². The summed E-state index contributed by atoms with van der Waals surface area (Å²) >= 11 is 0. The Balaban J connectivity index is 1.70. The molecule has 32 heavy (non-hydrogen) atoms. The summed E-state index contributed by atoms with van der Waals surface area (Å²) in [7, 11) is 1.59. The summed E-state index contributed by atoms with van der Waals surface area (Å²) in [6.45, 7) is 1.98. The lowest BCUT2D eigenvalue weighted by molar-refractivity contribution is -0.596. The lowest BCUT2D eigenvalue weighted by Crippen LogP contribution is -2.42. The fraction of sp³-hybridized carbons (Fsp3) is 0.160. The van der Waals surface area contributed by atoms with Crippen LogP contribution in [0.25, 0.3) is 0 Å². The van der Waals surface area contributed by atoms with Gasteiger partial charge < -0.3 is 10.1 Å². The molecule has 1 heterocycles. The van der Waals surface area contributed by atoms with Crippen LogP contribution in [-0.2, 0) is 4.79 Å². The Morgan fingerprint density at radius 2 is 1.81 bits per heavy atom. The third-order valence-electron chi connectivity index (χ3n) is 5.33. The van der Waals surface area contributed by atoms with Crippen molar-refractivity contribution in [3.8, 4) is 5.75 Å². The number of nitrogens with zero attached hydrogens (tertiary/aromatic N) is 1. The van der Waals surface area contributed by atoms with Gasteiger partial charge >= 0.3 is 5.91 Å². The van der Waals surface area contributed by atoms with E-state index in [1.165, 1.54) is 24.3 Å². The minimum atomic E-state index is -0.850. The molecule has 3 aromatic carbocycles. The van der Waals surface area contributed by atoms with Crippen LogP contribution in [0, 0.1) is 12.7 Å². The van der Waals surface area contributed by atoms with Gasteiger partial charge in [-0.25, -0.2) is 4.39 Å². The van der Waals surface area contributed by atoms with Gasteiger partial charge in [0.15, 0.2) is 6.04 Å². The van der Waals surface area contributed by atoms with Crippen molar-refractivity contribution in [3.05, 3.63) is 101 Å². The lowest BCUT2D eigenvalue weighted by atomic mass is 9.98. The number of carbonyl (C=O) groups excluding carboxylic acids is 2. The van der Waals surface area contributed by atoms with Crippen molar-refractivity contribution in [2.75, 3.05) is 7.11 Å². The molecule has 4 rings (SSSR count). The third kappa shape index (κ3) is 4.51. The average molecular weight is 432 g/mol. The van der Waals surface area contributed by atoms with Crippen LogP contribution in [0.5, 0.6) is 5.75 Å². The molecule has 0 unspecified atom stereocenters. The lowest BCUT2D eigenvalue weighted by Gasteiger charge is -2.15. The van der Waals surface area contributed by atoms with Gasteiger partial charge in [-0.3, -0.25) is 9.59 Å². The fourth-order valence-electron chi connectivity index (χ4n) is 3.65. The van der Waals surface area contributed by atoms with E-state index in [0.29, 0.717) is 5.75 Å². The average Bonchev–Trinajstić information content (AvgIpc) is 3.09. The number of amides is 2. The van der Waals surface area contributed by atoms with Crippen molar-refractivity contribution in [2.45, 2.75) is 19.0 Å². The first-order chi connectivity index (χ1) is 15.4. The Morgan fingerprint density at radius 3 is 2.50 bits per heavy atom. The summed E-state index contributed by atoms with van der Waals surface area (Å²) < 4.78 is 20.2. The second-order valence-corrected chi connectivity index (χ2v) is 7.60. The quantitative estimate of drug-likeness (QED) is 0.609. The molecule has 6 nitrogen and oxygen atoms in total. The van der Waals surface area contributed by atoms with Crippen molar-refractivity contribution < 1.29 is 23.4 Å². The number of hydrazone groups is 1. The van der Waals surface area contributed by atoms with Gasteiger partial charge in [-0.15, -0.1) is 10.1 Å². The molecule has 7 heteroatoms. The van der Waals surface area contributed by atoms with E-state index in [9.17, 15) is 14.0 Å². The second kappa shape index (κ2) is 9.01. The molecule has 0 bridgehead atoms. The summed E-state index contributed by atoms with van der Waals surface area (Å²) in [6.07, 6.45) is 1.80. The zero-order valence-electron chi connectivity index (χ0n) is 17.7. The van der Waals surface area contributed by atoms with Crippen LogP contribution in [0.4, 0.5) is 4.39 Å². The normalized spacial score (nSPS) is 19.0. The van der Waals surface area contributed by atoms with Crippen LogP contribution in [0.15, 0.2) is 72.8 Å². The summed E-state index contributed by atoms with van der Waals surface area (Å²) in [5.74, 6) is -0.537. The molecule has 3 aromatic rings. The fourth-order valence-corrected chi connectivity index (χ4v) is 3.65. The Hall–Kier alpha value is -4.00. The molecule has 1 aliphatic heterocycles. The van der Waals surface area contributed by atoms with E-state index in [0.717, 1.165) is 16.7 Å². The highest BCUT2D eigenvalue weighted by molar-refractivity contribution is 5.98.